The van der Waals surface area contributed by atoms with Crippen molar-refractivity contribution in [1.82, 2.24) is 36.8 Å². The number of benzene rings is 2. The van der Waals surface area contributed by atoms with Crippen LogP contribution in [-0.2, 0) is 46.4 Å². The van der Waals surface area contributed by atoms with Crippen molar-refractivity contribution in [2.45, 2.75) is 89.1 Å². The number of nitrogens with one attached hydrogen (secondary N) is 6. The summed E-state index contributed by atoms with van der Waals surface area (Å²) in [6.07, 6.45) is 1.15. The predicted molar refractivity (Wildman–Crippen MR) is 190 cm³/mol. The van der Waals surface area contributed by atoms with Gasteiger partial charge in [-0.3, -0.25) is 33.6 Å². The van der Waals surface area contributed by atoms with Crippen LogP contribution in [0.3, 0.4) is 0 Å². The van der Waals surface area contributed by atoms with E-state index >= 15 is 0 Å². The number of rotatable bonds is 7. The molecule has 280 valence electrons. The van der Waals surface area contributed by atoms with Crippen LogP contribution in [0, 0.1) is 5.92 Å². The molecule has 0 radical (unpaired) electrons. The molecule has 0 spiro atoms. The molecule has 2 aromatic rings. The quantitative estimate of drug-likeness (QED) is 0.190. The van der Waals surface area contributed by atoms with Gasteiger partial charge in [0.15, 0.2) is 0 Å². The summed E-state index contributed by atoms with van der Waals surface area (Å²) in [7, 11) is 0. The molecule has 0 aliphatic carbocycles. The largest absolute Gasteiger partial charge is 0.394 e. The lowest BCUT2D eigenvalue weighted by Crippen LogP contribution is -2.60. The van der Waals surface area contributed by atoms with Crippen LogP contribution >= 0.6 is 0 Å². The van der Waals surface area contributed by atoms with Crippen molar-refractivity contribution in [3.63, 3.8) is 0 Å². The second-order valence-corrected chi connectivity index (χ2v) is 13.6. The molecule has 52 heavy (non-hydrogen) atoms. The van der Waals surface area contributed by atoms with Crippen molar-refractivity contribution < 1.29 is 38.7 Å². The van der Waals surface area contributed by atoms with Gasteiger partial charge < -0.3 is 41.9 Å². The molecule has 7 amide bonds. The molecule has 6 atom stereocenters. The first-order valence-electron chi connectivity index (χ1n) is 17.6. The summed E-state index contributed by atoms with van der Waals surface area (Å²) < 4.78 is 0. The fourth-order valence-electron chi connectivity index (χ4n) is 6.26. The first-order chi connectivity index (χ1) is 24.9. The maximum atomic E-state index is 14.1. The van der Waals surface area contributed by atoms with Gasteiger partial charge in [-0.25, -0.2) is 0 Å². The number of nitrogens with zero attached hydrogens (tertiary/aromatic N) is 1. The minimum absolute atomic E-state index is 0.0113. The summed E-state index contributed by atoms with van der Waals surface area (Å²) in [6, 6.07) is 10.8. The fraction of sp³-hybridized carbons (Fsp3) is 0.486. The summed E-state index contributed by atoms with van der Waals surface area (Å²) in [5, 5.41) is 25.7. The van der Waals surface area contributed by atoms with Crippen LogP contribution in [0.1, 0.15) is 51.2 Å². The number of amides is 7. The van der Waals surface area contributed by atoms with Gasteiger partial charge in [-0.2, -0.15) is 0 Å². The van der Waals surface area contributed by atoms with E-state index in [9.17, 15) is 38.7 Å². The molecule has 4 rings (SSSR count). The van der Waals surface area contributed by atoms with Crippen molar-refractivity contribution in [2.75, 3.05) is 19.7 Å². The highest BCUT2D eigenvalue weighted by Crippen LogP contribution is 2.20. The third-order valence-corrected chi connectivity index (χ3v) is 9.00. The number of aliphatic hydroxyl groups is 1. The number of hydrogen-bond donors (Lipinski definition) is 7. The number of aliphatic hydroxyl groups excluding tert-OH is 1. The molecule has 15 heteroatoms. The molecule has 2 heterocycles. The van der Waals surface area contributed by atoms with E-state index in [1.165, 1.54) is 11.8 Å². The highest BCUT2D eigenvalue weighted by Gasteiger charge is 2.39. The molecule has 2 aromatic carbocycles. The summed E-state index contributed by atoms with van der Waals surface area (Å²) >= 11 is 0. The molecule has 2 fully saturated rings. The summed E-state index contributed by atoms with van der Waals surface area (Å²) in [5.74, 6) is -4.83. The lowest BCUT2D eigenvalue weighted by molar-refractivity contribution is -0.142. The van der Waals surface area contributed by atoms with Crippen LogP contribution < -0.4 is 31.9 Å². The van der Waals surface area contributed by atoms with E-state index < -0.39 is 90.8 Å². The molecular formula is C37H49N7O8. The Hall–Kier alpha value is -5.31. The van der Waals surface area contributed by atoms with Gasteiger partial charge >= 0.3 is 0 Å². The second-order valence-electron chi connectivity index (χ2n) is 13.6. The third kappa shape index (κ3) is 11.1. The second kappa shape index (κ2) is 18.8. The van der Waals surface area contributed by atoms with Gasteiger partial charge in [-0.1, -0.05) is 74.5 Å². The van der Waals surface area contributed by atoms with Crippen molar-refractivity contribution in [1.29, 1.82) is 0 Å². The minimum atomic E-state index is -1.49. The Morgan fingerprint density at radius 2 is 1.21 bits per heavy atom. The van der Waals surface area contributed by atoms with Gasteiger partial charge in [-0.05, 0) is 43.2 Å². The molecule has 0 aromatic heterocycles. The highest BCUT2D eigenvalue weighted by atomic mass is 16.3. The SMILES string of the molecule is CC(C)C[C@@H]1NC(=O)CNC(=O)[C@@H]2CCCN2C(=O)[C@H](Cc2ccccc2)NC(=O)[C@H](C)NC(=O)[C@H](Cc2ccccc2)NC(=O)[C@H](CO)NC1=O. The van der Waals surface area contributed by atoms with Crippen LogP contribution in [0.25, 0.3) is 0 Å². The average Bonchev–Trinajstić information content (AvgIpc) is 3.62. The summed E-state index contributed by atoms with van der Waals surface area (Å²) in [4.78, 5) is 96.0. The Labute approximate surface area is 303 Å². The lowest BCUT2D eigenvalue weighted by atomic mass is 10.0. The van der Waals surface area contributed by atoms with Gasteiger partial charge in [0.1, 0.15) is 36.3 Å². The first kappa shape index (κ1) is 39.5. The zero-order valence-corrected chi connectivity index (χ0v) is 29.7. The van der Waals surface area contributed by atoms with Gasteiger partial charge in [-0.15, -0.1) is 0 Å². The summed E-state index contributed by atoms with van der Waals surface area (Å²) in [5.41, 5.74) is 1.44. The number of fused-ring (bicyclic) bond motifs is 1. The normalized spacial score (nSPS) is 25.9. The Balaban J connectivity index is 1.67. The smallest absolute Gasteiger partial charge is 0.246 e. The zero-order valence-electron chi connectivity index (χ0n) is 29.7. The fourth-order valence-corrected chi connectivity index (χ4v) is 6.26. The lowest BCUT2D eigenvalue weighted by Gasteiger charge is -2.30. The minimum Gasteiger partial charge on any atom is -0.394 e. The van der Waals surface area contributed by atoms with Gasteiger partial charge in [0.2, 0.25) is 41.4 Å². The predicted octanol–water partition coefficient (Wildman–Crippen LogP) is -0.925. The Morgan fingerprint density at radius 1 is 0.673 bits per heavy atom. The van der Waals surface area contributed by atoms with E-state index in [0.29, 0.717) is 18.4 Å². The molecule has 7 N–H and O–H groups in total. The number of carbonyl (C=O) groups is 7. The maximum Gasteiger partial charge on any atom is 0.246 e. The van der Waals surface area contributed by atoms with E-state index in [0.717, 1.165) is 5.56 Å². The molecule has 2 aliphatic heterocycles. The van der Waals surface area contributed by atoms with Crippen molar-refractivity contribution in [3.05, 3.63) is 71.8 Å². The first-order valence-corrected chi connectivity index (χ1v) is 17.6. The molecule has 0 bridgehead atoms. The maximum absolute atomic E-state index is 14.1. The van der Waals surface area contributed by atoms with Crippen LogP contribution in [0.4, 0.5) is 0 Å². The molecule has 2 aliphatic rings. The van der Waals surface area contributed by atoms with Crippen molar-refractivity contribution in [2.24, 2.45) is 5.92 Å². The van der Waals surface area contributed by atoms with E-state index in [1.807, 2.05) is 19.9 Å². The van der Waals surface area contributed by atoms with Crippen LogP contribution in [0.2, 0.25) is 0 Å². The molecule has 2 saturated heterocycles. The van der Waals surface area contributed by atoms with E-state index in [4.69, 9.17) is 0 Å². The van der Waals surface area contributed by atoms with Gasteiger partial charge in [0.25, 0.3) is 0 Å². The van der Waals surface area contributed by atoms with E-state index in [1.54, 1.807) is 54.6 Å². The summed E-state index contributed by atoms with van der Waals surface area (Å²) in [6.45, 7) is 4.06. The Bertz CT molecular complexity index is 1590. The average molecular weight is 720 g/mol. The van der Waals surface area contributed by atoms with Gasteiger partial charge in [0, 0.05) is 19.4 Å². The van der Waals surface area contributed by atoms with Crippen LogP contribution in [-0.4, -0.2) is 107 Å². The number of carbonyl (C=O) groups excluding carboxylic acids is 7. The van der Waals surface area contributed by atoms with E-state index in [-0.39, 0.29) is 31.7 Å². The third-order valence-electron chi connectivity index (χ3n) is 9.00. The van der Waals surface area contributed by atoms with Crippen molar-refractivity contribution >= 4 is 41.4 Å². The Kier molecular flexibility index (Phi) is 14.3. The monoisotopic (exact) mass is 719 g/mol. The standard InChI is InChI=1S/C37H49N7O8/c1-22(2)17-26-34(49)43-29(21-45)35(50)41-27(18-24-11-6-4-7-12-24)33(48)39-23(3)32(47)42-28(19-25-13-8-5-9-14-25)37(52)44-16-10-15-30(44)36(51)38-20-31(46)40-26/h4-9,11-14,22-23,26-30,45H,10,15-21H2,1-3H3,(H,38,51)(H,39,48)(H,40,46)(H,41,50)(H,42,47)(H,43,49)/t23-,26-,27-,28-,29-,30-/m0/s1. The van der Waals surface area contributed by atoms with Crippen LogP contribution in [0.15, 0.2) is 60.7 Å². The van der Waals surface area contributed by atoms with Crippen LogP contribution in [0.5, 0.6) is 0 Å². The topological polar surface area (TPSA) is 215 Å². The zero-order chi connectivity index (χ0) is 37.8. The highest BCUT2D eigenvalue weighted by molar-refractivity contribution is 5.98. The molecular weight excluding hydrogens is 670 g/mol. The van der Waals surface area contributed by atoms with Gasteiger partial charge in [0.05, 0.1) is 13.2 Å². The van der Waals surface area contributed by atoms with E-state index in [2.05, 4.69) is 31.9 Å². The Morgan fingerprint density at radius 3 is 1.81 bits per heavy atom. The van der Waals surface area contributed by atoms with Crippen molar-refractivity contribution in [3.8, 4) is 0 Å². The molecule has 15 nitrogen and oxygen atoms in total. The molecule has 0 unspecified atom stereocenters. The molecule has 0 saturated carbocycles. The number of hydrogen-bond acceptors (Lipinski definition) is 8.